The standard InChI is InChI=1S/C19H13F4N7O/c20-13-4-6-14(7-5-13)30-16(19(21,22)23)15(27-28-30)18(31)25-11-12-3-1-8-24-17(12)29-10-2-9-26-29/h1-10H,11H2,(H,25,31). The van der Waals surface area contributed by atoms with Crippen LogP contribution in [-0.4, -0.2) is 35.7 Å². The van der Waals surface area contributed by atoms with Gasteiger partial charge in [0.1, 0.15) is 5.82 Å². The zero-order valence-corrected chi connectivity index (χ0v) is 15.6. The highest BCUT2D eigenvalue weighted by molar-refractivity contribution is 5.93. The molecule has 0 aliphatic heterocycles. The highest BCUT2D eigenvalue weighted by Gasteiger charge is 2.42. The van der Waals surface area contributed by atoms with E-state index in [1.165, 1.54) is 10.9 Å². The number of aromatic nitrogens is 6. The van der Waals surface area contributed by atoms with Crippen LogP contribution in [0.3, 0.4) is 0 Å². The second-order valence-corrected chi connectivity index (χ2v) is 6.29. The summed E-state index contributed by atoms with van der Waals surface area (Å²) in [5, 5.41) is 13.3. The third kappa shape index (κ3) is 4.13. The number of hydrogen-bond acceptors (Lipinski definition) is 5. The van der Waals surface area contributed by atoms with E-state index >= 15 is 0 Å². The lowest BCUT2D eigenvalue weighted by Gasteiger charge is -2.12. The van der Waals surface area contributed by atoms with Crippen LogP contribution >= 0.6 is 0 Å². The molecule has 0 aliphatic carbocycles. The first-order valence-corrected chi connectivity index (χ1v) is 8.85. The summed E-state index contributed by atoms with van der Waals surface area (Å²) in [5.41, 5.74) is -1.83. The maximum Gasteiger partial charge on any atom is 0.435 e. The fourth-order valence-electron chi connectivity index (χ4n) is 2.88. The molecule has 1 N–H and O–H groups in total. The van der Waals surface area contributed by atoms with Gasteiger partial charge in [0.25, 0.3) is 5.91 Å². The van der Waals surface area contributed by atoms with Crippen molar-refractivity contribution >= 4 is 5.91 Å². The number of rotatable bonds is 5. The Morgan fingerprint density at radius 3 is 2.52 bits per heavy atom. The minimum Gasteiger partial charge on any atom is -0.346 e. The van der Waals surface area contributed by atoms with E-state index in [0.29, 0.717) is 16.1 Å². The fraction of sp³-hybridized carbons (Fsp3) is 0.105. The molecule has 31 heavy (non-hydrogen) atoms. The van der Waals surface area contributed by atoms with Gasteiger partial charge in [-0.15, -0.1) is 5.10 Å². The second-order valence-electron chi connectivity index (χ2n) is 6.29. The number of hydrogen-bond donors (Lipinski definition) is 1. The average molecular weight is 431 g/mol. The Hall–Kier alpha value is -4.09. The van der Waals surface area contributed by atoms with Crippen molar-refractivity contribution in [2.24, 2.45) is 0 Å². The van der Waals surface area contributed by atoms with Crippen LogP contribution in [0.25, 0.3) is 11.5 Å². The number of amides is 1. The van der Waals surface area contributed by atoms with Crippen molar-refractivity contribution in [2.75, 3.05) is 0 Å². The van der Waals surface area contributed by atoms with Crippen LogP contribution in [0.1, 0.15) is 21.7 Å². The Morgan fingerprint density at radius 1 is 1.06 bits per heavy atom. The van der Waals surface area contributed by atoms with Crippen molar-refractivity contribution in [3.05, 3.63) is 83.8 Å². The van der Waals surface area contributed by atoms with Crippen LogP contribution in [0.2, 0.25) is 0 Å². The molecule has 0 saturated heterocycles. The van der Waals surface area contributed by atoms with Crippen LogP contribution < -0.4 is 5.32 Å². The summed E-state index contributed by atoms with van der Waals surface area (Å²) in [4.78, 5) is 16.7. The van der Waals surface area contributed by atoms with Crippen molar-refractivity contribution < 1.29 is 22.4 Å². The molecule has 0 spiro atoms. The monoisotopic (exact) mass is 431 g/mol. The largest absolute Gasteiger partial charge is 0.435 e. The van der Waals surface area contributed by atoms with Gasteiger partial charge >= 0.3 is 6.18 Å². The number of carbonyl (C=O) groups excluding carboxylic acids is 1. The normalized spacial score (nSPS) is 11.5. The van der Waals surface area contributed by atoms with E-state index in [1.54, 1.807) is 30.6 Å². The molecule has 4 rings (SSSR count). The van der Waals surface area contributed by atoms with E-state index in [1.807, 2.05) is 0 Å². The van der Waals surface area contributed by atoms with E-state index in [4.69, 9.17) is 0 Å². The molecular weight excluding hydrogens is 418 g/mol. The van der Waals surface area contributed by atoms with E-state index in [9.17, 15) is 22.4 Å². The first-order valence-electron chi connectivity index (χ1n) is 8.85. The Labute approximate surface area is 172 Å². The predicted octanol–water partition coefficient (Wildman–Crippen LogP) is 2.94. The van der Waals surface area contributed by atoms with Gasteiger partial charge in [0.2, 0.25) is 0 Å². The zero-order chi connectivity index (χ0) is 22.0. The Balaban J connectivity index is 1.62. The topological polar surface area (TPSA) is 90.5 Å². The zero-order valence-electron chi connectivity index (χ0n) is 15.6. The van der Waals surface area contributed by atoms with Gasteiger partial charge in [0.15, 0.2) is 17.2 Å². The summed E-state index contributed by atoms with van der Waals surface area (Å²) in [5.74, 6) is -1.28. The molecule has 8 nitrogen and oxygen atoms in total. The first kappa shape index (κ1) is 20.2. The molecule has 158 valence electrons. The van der Waals surface area contributed by atoms with Crippen LogP contribution in [0.5, 0.6) is 0 Å². The summed E-state index contributed by atoms with van der Waals surface area (Å²) in [7, 11) is 0. The molecule has 1 aromatic carbocycles. The molecule has 4 aromatic rings. The molecule has 0 unspecified atom stereocenters. The summed E-state index contributed by atoms with van der Waals surface area (Å²) >= 11 is 0. The Morgan fingerprint density at radius 2 is 1.84 bits per heavy atom. The minimum absolute atomic E-state index is 0.0893. The van der Waals surface area contributed by atoms with Gasteiger partial charge in [0, 0.05) is 30.7 Å². The predicted molar refractivity (Wildman–Crippen MR) is 98.8 cm³/mol. The maximum atomic E-state index is 13.7. The highest BCUT2D eigenvalue weighted by atomic mass is 19.4. The third-order valence-corrected chi connectivity index (χ3v) is 4.25. The van der Waals surface area contributed by atoms with E-state index in [-0.39, 0.29) is 12.2 Å². The van der Waals surface area contributed by atoms with Crippen molar-refractivity contribution in [3.8, 4) is 11.5 Å². The number of nitrogens with zero attached hydrogens (tertiary/aromatic N) is 6. The highest BCUT2D eigenvalue weighted by Crippen LogP contribution is 2.32. The number of halogens is 4. The fourth-order valence-corrected chi connectivity index (χ4v) is 2.88. The summed E-state index contributed by atoms with van der Waals surface area (Å²) in [6.07, 6.45) is -0.221. The second kappa shape index (κ2) is 7.97. The van der Waals surface area contributed by atoms with Gasteiger partial charge < -0.3 is 5.32 Å². The lowest BCUT2D eigenvalue weighted by Crippen LogP contribution is -2.27. The molecule has 12 heteroatoms. The molecule has 3 heterocycles. The van der Waals surface area contributed by atoms with Crippen molar-refractivity contribution in [1.82, 2.24) is 35.1 Å². The van der Waals surface area contributed by atoms with Gasteiger partial charge in [-0.1, -0.05) is 11.3 Å². The number of alkyl halides is 3. The van der Waals surface area contributed by atoms with Crippen molar-refractivity contribution in [3.63, 3.8) is 0 Å². The number of carbonyl (C=O) groups is 1. The van der Waals surface area contributed by atoms with Gasteiger partial charge in [0.05, 0.1) is 5.69 Å². The molecule has 0 bridgehead atoms. The molecule has 0 radical (unpaired) electrons. The van der Waals surface area contributed by atoms with Crippen LogP contribution in [0.15, 0.2) is 61.1 Å². The minimum atomic E-state index is -4.93. The molecule has 0 saturated carbocycles. The average Bonchev–Trinajstić information content (AvgIpc) is 3.43. The van der Waals surface area contributed by atoms with Crippen molar-refractivity contribution in [1.29, 1.82) is 0 Å². The lowest BCUT2D eigenvalue weighted by atomic mass is 10.2. The summed E-state index contributed by atoms with van der Waals surface area (Å²) in [6, 6.07) is 9.14. The molecular formula is C19H13F4N7O. The van der Waals surface area contributed by atoms with E-state index in [0.717, 1.165) is 24.3 Å². The van der Waals surface area contributed by atoms with Crippen LogP contribution in [-0.2, 0) is 12.7 Å². The third-order valence-electron chi connectivity index (χ3n) is 4.25. The smallest absolute Gasteiger partial charge is 0.346 e. The SMILES string of the molecule is O=C(NCc1cccnc1-n1cccn1)c1nnn(-c2ccc(F)cc2)c1C(F)(F)F. The van der Waals surface area contributed by atoms with E-state index in [2.05, 4.69) is 25.7 Å². The quantitative estimate of drug-likeness (QED) is 0.491. The van der Waals surface area contributed by atoms with Gasteiger partial charge in [-0.2, -0.15) is 18.3 Å². The van der Waals surface area contributed by atoms with E-state index < -0.39 is 29.3 Å². The molecule has 0 atom stereocenters. The van der Waals surface area contributed by atoms with Gasteiger partial charge in [-0.3, -0.25) is 4.79 Å². The van der Waals surface area contributed by atoms with Crippen molar-refractivity contribution in [2.45, 2.75) is 12.7 Å². The van der Waals surface area contributed by atoms with Crippen LogP contribution in [0, 0.1) is 5.82 Å². The number of nitrogens with one attached hydrogen (secondary N) is 1. The van der Waals surface area contributed by atoms with Crippen LogP contribution in [0.4, 0.5) is 17.6 Å². The Bertz CT molecular complexity index is 1200. The molecule has 3 aromatic heterocycles. The lowest BCUT2D eigenvalue weighted by molar-refractivity contribution is -0.143. The number of benzene rings is 1. The first-order chi connectivity index (χ1) is 14.8. The molecule has 0 fully saturated rings. The van der Waals surface area contributed by atoms with Gasteiger partial charge in [-0.05, 0) is 36.4 Å². The molecule has 0 aliphatic rings. The molecule has 1 amide bonds. The summed E-state index contributed by atoms with van der Waals surface area (Å²) < 4.78 is 56.2. The summed E-state index contributed by atoms with van der Waals surface area (Å²) in [6.45, 7) is -0.122. The van der Waals surface area contributed by atoms with Gasteiger partial charge in [-0.25, -0.2) is 18.7 Å². The maximum absolute atomic E-state index is 13.7. The Kier molecular flexibility index (Phi) is 5.19. The number of pyridine rings is 1.